The van der Waals surface area contributed by atoms with Crippen molar-refractivity contribution in [3.63, 3.8) is 0 Å². The van der Waals surface area contributed by atoms with E-state index in [1.165, 1.54) is 21.9 Å². The third-order valence-electron chi connectivity index (χ3n) is 11.7. The molecule has 2 atom stereocenters. The number of fused-ring (bicyclic) bond motifs is 9. The first-order valence-electron chi connectivity index (χ1n) is 19.5. The highest BCUT2D eigenvalue weighted by molar-refractivity contribution is 6.13. The number of para-hydroxylation sites is 3. The van der Waals surface area contributed by atoms with Crippen molar-refractivity contribution in [2.75, 3.05) is 0 Å². The summed E-state index contributed by atoms with van der Waals surface area (Å²) in [6, 6.07) is 64.3. The topological polar surface area (TPSA) is 67.3 Å². The van der Waals surface area contributed by atoms with E-state index in [0.29, 0.717) is 0 Å². The number of nitrogens with one attached hydrogen (secondary N) is 3. The van der Waals surface area contributed by atoms with Gasteiger partial charge >= 0.3 is 0 Å². The Morgan fingerprint density at radius 3 is 1.70 bits per heavy atom. The van der Waals surface area contributed by atoms with Crippen molar-refractivity contribution in [3.05, 3.63) is 199 Å². The molecule has 57 heavy (non-hydrogen) atoms. The van der Waals surface area contributed by atoms with Crippen molar-refractivity contribution in [2.24, 2.45) is 0 Å². The van der Waals surface area contributed by atoms with Gasteiger partial charge in [0.05, 0.1) is 35.2 Å². The van der Waals surface area contributed by atoms with Crippen LogP contribution in [0, 0.1) is 0 Å². The first-order chi connectivity index (χ1) is 28.2. The van der Waals surface area contributed by atoms with Crippen LogP contribution in [0.2, 0.25) is 0 Å². The molecule has 11 aromatic rings. The van der Waals surface area contributed by atoms with E-state index in [1.807, 2.05) is 0 Å². The van der Waals surface area contributed by atoms with Gasteiger partial charge in [-0.2, -0.15) is 0 Å². The van der Waals surface area contributed by atoms with Crippen LogP contribution in [0.25, 0.3) is 82.5 Å². The molecule has 0 bridgehead atoms. The van der Waals surface area contributed by atoms with Crippen LogP contribution in [0.3, 0.4) is 0 Å². The number of hydrogen-bond acceptors (Lipinski definition) is 5. The molecule has 1 fully saturated rings. The van der Waals surface area contributed by atoms with Gasteiger partial charge < -0.3 is 13.4 Å². The molecule has 3 aromatic heterocycles. The lowest BCUT2D eigenvalue weighted by atomic mass is 9.98. The minimum Gasteiger partial charge on any atom is -0.456 e. The van der Waals surface area contributed by atoms with Crippen molar-refractivity contribution < 1.29 is 8.83 Å². The SMILES string of the molecule is c1ccc(C2NC(c3ccccc3)NC(c3cccc4oc5ccc(-c6ccc7c(c6)oc6c(-n8c9ccccc9c9ccccc98)cccc67)cc5c34)N2)cc1. The fourth-order valence-corrected chi connectivity index (χ4v) is 9.10. The fourth-order valence-electron chi connectivity index (χ4n) is 9.10. The number of furan rings is 2. The van der Waals surface area contributed by atoms with Gasteiger partial charge in [-0.15, -0.1) is 0 Å². The van der Waals surface area contributed by atoms with Gasteiger partial charge in [-0.05, 0) is 76.3 Å². The molecule has 6 heteroatoms. The Morgan fingerprint density at radius 1 is 0.386 bits per heavy atom. The molecular formula is C51H36N4O2. The van der Waals surface area contributed by atoms with Gasteiger partial charge in [-0.25, -0.2) is 0 Å². The molecule has 2 unspecified atom stereocenters. The molecule has 0 aliphatic carbocycles. The largest absolute Gasteiger partial charge is 0.456 e. The Labute approximate surface area is 327 Å². The van der Waals surface area contributed by atoms with Gasteiger partial charge in [-0.3, -0.25) is 16.0 Å². The maximum atomic E-state index is 6.84. The van der Waals surface area contributed by atoms with Crippen molar-refractivity contribution >= 4 is 65.7 Å². The molecule has 1 aliphatic heterocycles. The Morgan fingerprint density at radius 2 is 0.982 bits per heavy atom. The van der Waals surface area contributed by atoms with E-state index in [9.17, 15) is 0 Å². The average Bonchev–Trinajstić information content (AvgIpc) is 3.96. The number of hydrogen-bond donors (Lipinski definition) is 3. The molecule has 0 saturated carbocycles. The monoisotopic (exact) mass is 736 g/mol. The quantitative estimate of drug-likeness (QED) is 0.164. The molecule has 272 valence electrons. The second-order valence-electron chi connectivity index (χ2n) is 15.0. The van der Waals surface area contributed by atoms with E-state index in [-0.39, 0.29) is 18.5 Å². The molecular weight excluding hydrogens is 701 g/mol. The van der Waals surface area contributed by atoms with Gasteiger partial charge in [0.2, 0.25) is 0 Å². The van der Waals surface area contributed by atoms with Gasteiger partial charge in [0.15, 0.2) is 5.58 Å². The Kier molecular flexibility index (Phi) is 7.25. The van der Waals surface area contributed by atoms with Crippen LogP contribution in [0.1, 0.15) is 35.2 Å². The summed E-state index contributed by atoms with van der Waals surface area (Å²) in [6.45, 7) is 0. The van der Waals surface area contributed by atoms with Crippen LogP contribution < -0.4 is 16.0 Å². The summed E-state index contributed by atoms with van der Waals surface area (Å²) in [5.41, 5.74) is 12.5. The van der Waals surface area contributed by atoms with Crippen molar-refractivity contribution in [3.8, 4) is 16.8 Å². The zero-order valence-electron chi connectivity index (χ0n) is 30.8. The maximum Gasteiger partial charge on any atom is 0.159 e. The Hall–Kier alpha value is -6.96. The minimum atomic E-state index is -0.162. The minimum absolute atomic E-state index is 0.0716. The van der Waals surface area contributed by atoms with Crippen LogP contribution >= 0.6 is 0 Å². The predicted molar refractivity (Wildman–Crippen MR) is 231 cm³/mol. The molecule has 8 aromatic carbocycles. The van der Waals surface area contributed by atoms with E-state index in [2.05, 4.69) is 203 Å². The molecule has 4 heterocycles. The first kappa shape index (κ1) is 32.3. The third kappa shape index (κ3) is 5.16. The number of benzene rings is 8. The molecule has 12 rings (SSSR count). The van der Waals surface area contributed by atoms with E-state index < -0.39 is 0 Å². The van der Waals surface area contributed by atoms with Crippen LogP contribution in [0.5, 0.6) is 0 Å². The lowest BCUT2D eigenvalue weighted by Gasteiger charge is -2.39. The van der Waals surface area contributed by atoms with Gasteiger partial charge in [0.25, 0.3) is 0 Å². The standard InChI is InChI=1S/C51H36N4O2/c1-3-13-31(14-4-1)49-52-50(32-15-5-2-6-16-32)54-51(53-49)39-20-12-24-45-47(39)40-29-33(26-28-44(40)56-45)34-25-27-37-38-19-11-23-43(48(38)57-46(37)30-34)55-41-21-9-7-17-35(41)36-18-8-10-22-42(36)55/h1-30,49-54H. The summed E-state index contributed by atoms with van der Waals surface area (Å²) < 4.78 is 15.7. The normalized spacial score (nSPS) is 17.4. The molecule has 3 N–H and O–H groups in total. The molecule has 1 saturated heterocycles. The van der Waals surface area contributed by atoms with E-state index >= 15 is 0 Å². The van der Waals surface area contributed by atoms with Gasteiger partial charge in [-0.1, -0.05) is 133 Å². The first-order valence-corrected chi connectivity index (χ1v) is 19.5. The number of nitrogens with zero attached hydrogens (tertiary/aromatic N) is 1. The fraction of sp³-hybridized carbons (Fsp3) is 0.0588. The Balaban J connectivity index is 0.971. The number of rotatable bonds is 5. The summed E-state index contributed by atoms with van der Waals surface area (Å²) >= 11 is 0. The number of aromatic nitrogens is 1. The van der Waals surface area contributed by atoms with Crippen LogP contribution in [-0.2, 0) is 0 Å². The second-order valence-corrected chi connectivity index (χ2v) is 15.0. The average molecular weight is 737 g/mol. The molecule has 0 amide bonds. The lowest BCUT2D eigenvalue weighted by molar-refractivity contribution is 0.204. The second kappa shape index (κ2) is 12.8. The van der Waals surface area contributed by atoms with E-state index in [1.54, 1.807) is 0 Å². The summed E-state index contributed by atoms with van der Waals surface area (Å²) in [5, 5.41) is 18.4. The molecule has 0 spiro atoms. The Bertz CT molecular complexity index is 3210. The lowest BCUT2D eigenvalue weighted by Crippen LogP contribution is -2.54. The zero-order chi connectivity index (χ0) is 37.5. The maximum absolute atomic E-state index is 6.84. The summed E-state index contributed by atoms with van der Waals surface area (Å²) in [7, 11) is 0. The third-order valence-corrected chi connectivity index (χ3v) is 11.7. The van der Waals surface area contributed by atoms with Gasteiger partial charge in [0, 0.05) is 32.3 Å². The smallest absolute Gasteiger partial charge is 0.159 e. The molecule has 0 radical (unpaired) electrons. The van der Waals surface area contributed by atoms with E-state index in [4.69, 9.17) is 8.83 Å². The molecule has 6 nitrogen and oxygen atoms in total. The van der Waals surface area contributed by atoms with Crippen molar-refractivity contribution in [2.45, 2.75) is 18.5 Å². The van der Waals surface area contributed by atoms with Crippen LogP contribution in [-0.4, -0.2) is 4.57 Å². The highest BCUT2D eigenvalue weighted by Gasteiger charge is 2.31. The summed E-state index contributed by atoms with van der Waals surface area (Å²) in [4.78, 5) is 0. The highest BCUT2D eigenvalue weighted by atomic mass is 16.3. The summed E-state index contributed by atoms with van der Waals surface area (Å²) in [6.07, 6.45) is -0.305. The van der Waals surface area contributed by atoms with E-state index in [0.717, 1.165) is 77.3 Å². The van der Waals surface area contributed by atoms with Crippen LogP contribution in [0.15, 0.2) is 191 Å². The van der Waals surface area contributed by atoms with Crippen molar-refractivity contribution in [1.29, 1.82) is 0 Å². The zero-order valence-corrected chi connectivity index (χ0v) is 30.8. The summed E-state index contributed by atoms with van der Waals surface area (Å²) in [5.74, 6) is 0. The highest BCUT2D eigenvalue weighted by Crippen LogP contribution is 2.41. The van der Waals surface area contributed by atoms with Gasteiger partial charge in [0.1, 0.15) is 16.7 Å². The molecule has 1 aliphatic rings. The van der Waals surface area contributed by atoms with Crippen LogP contribution in [0.4, 0.5) is 0 Å². The van der Waals surface area contributed by atoms with Crippen molar-refractivity contribution in [1.82, 2.24) is 20.5 Å². The predicted octanol–water partition coefficient (Wildman–Crippen LogP) is 12.4.